The highest BCUT2D eigenvalue weighted by molar-refractivity contribution is 14.0. The van der Waals surface area contributed by atoms with Crippen LogP contribution in [0.5, 0.6) is 0 Å². The molecule has 0 aromatic rings. The zero-order valence-electron chi connectivity index (χ0n) is 14.9. The van der Waals surface area contributed by atoms with Crippen LogP contribution in [0.1, 0.15) is 45.4 Å². The Morgan fingerprint density at radius 2 is 2.00 bits per heavy atom. The molecule has 0 radical (unpaired) electrons. The summed E-state index contributed by atoms with van der Waals surface area (Å²) in [5.41, 5.74) is 0. The number of nitrogens with zero attached hydrogens (tertiary/aromatic N) is 2. The third-order valence-electron chi connectivity index (χ3n) is 4.70. The van der Waals surface area contributed by atoms with Crippen LogP contribution in [0.2, 0.25) is 0 Å². The molecule has 0 aromatic heterocycles. The Hall–Kier alpha value is -0.0800. The second-order valence-corrected chi connectivity index (χ2v) is 6.49. The molecule has 1 heterocycles. The lowest BCUT2D eigenvalue weighted by molar-refractivity contribution is 0.00989. The SMILES string of the molecule is CCCC1CC1NC(=NC)N1CCC(OCCCOC)CC1.I. The zero-order chi connectivity index (χ0) is 15.8. The number of aliphatic imine (C=N–C) groups is 1. The van der Waals surface area contributed by atoms with Crippen molar-refractivity contribution < 1.29 is 9.47 Å². The van der Waals surface area contributed by atoms with Crippen molar-refractivity contribution in [3.63, 3.8) is 0 Å². The van der Waals surface area contributed by atoms with E-state index in [1.54, 1.807) is 7.11 Å². The van der Waals surface area contributed by atoms with Crippen LogP contribution in [0.15, 0.2) is 4.99 Å². The minimum absolute atomic E-state index is 0. The van der Waals surface area contributed by atoms with E-state index in [4.69, 9.17) is 9.47 Å². The lowest BCUT2D eigenvalue weighted by Gasteiger charge is -2.34. The summed E-state index contributed by atoms with van der Waals surface area (Å²) in [6.07, 6.45) is 7.51. The third-order valence-corrected chi connectivity index (χ3v) is 4.70. The molecule has 1 aliphatic carbocycles. The van der Waals surface area contributed by atoms with E-state index in [0.717, 1.165) is 57.4 Å². The number of methoxy groups -OCH3 is 1. The van der Waals surface area contributed by atoms with E-state index in [-0.39, 0.29) is 24.0 Å². The van der Waals surface area contributed by atoms with Gasteiger partial charge in [-0.15, -0.1) is 24.0 Å². The van der Waals surface area contributed by atoms with Gasteiger partial charge in [0.25, 0.3) is 0 Å². The molecule has 2 unspecified atom stereocenters. The number of hydrogen-bond acceptors (Lipinski definition) is 3. The van der Waals surface area contributed by atoms with Crippen molar-refractivity contribution in [1.82, 2.24) is 10.2 Å². The smallest absolute Gasteiger partial charge is 0.193 e. The number of likely N-dealkylation sites (tertiary alicyclic amines) is 1. The average Bonchev–Trinajstić information content (AvgIpc) is 3.28. The molecule has 6 heteroatoms. The van der Waals surface area contributed by atoms with Crippen LogP contribution in [0.25, 0.3) is 0 Å². The first-order valence-electron chi connectivity index (χ1n) is 8.87. The van der Waals surface area contributed by atoms with Crippen LogP contribution in [-0.2, 0) is 9.47 Å². The summed E-state index contributed by atoms with van der Waals surface area (Å²) in [4.78, 5) is 6.86. The van der Waals surface area contributed by atoms with Crippen molar-refractivity contribution in [3.05, 3.63) is 0 Å². The van der Waals surface area contributed by atoms with Crippen LogP contribution in [0, 0.1) is 5.92 Å². The Morgan fingerprint density at radius 3 is 2.61 bits per heavy atom. The standard InChI is InChI=1S/C17H33N3O2.HI/c1-4-6-14-13-16(14)19-17(18-2)20-9-7-15(8-10-20)22-12-5-11-21-3;/h14-16H,4-13H2,1-3H3,(H,18,19);1H. The van der Waals surface area contributed by atoms with E-state index >= 15 is 0 Å². The second-order valence-electron chi connectivity index (χ2n) is 6.49. The molecule has 136 valence electrons. The molecule has 5 nitrogen and oxygen atoms in total. The van der Waals surface area contributed by atoms with Gasteiger partial charge in [-0.2, -0.15) is 0 Å². The van der Waals surface area contributed by atoms with Crippen molar-refractivity contribution in [2.24, 2.45) is 10.9 Å². The van der Waals surface area contributed by atoms with Crippen LogP contribution >= 0.6 is 24.0 Å². The first-order valence-corrected chi connectivity index (χ1v) is 8.87. The lowest BCUT2D eigenvalue weighted by atomic mass is 10.1. The Labute approximate surface area is 158 Å². The van der Waals surface area contributed by atoms with E-state index in [9.17, 15) is 0 Å². The van der Waals surface area contributed by atoms with Crippen LogP contribution < -0.4 is 5.32 Å². The summed E-state index contributed by atoms with van der Waals surface area (Å²) in [5.74, 6) is 1.95. The molecule has 0 amide bonds. The summed E-state index contributed by atoms with van der Waals surface area (Å²) in [7, 11) is 3.63. The predicted octanol–water partition coefficient (Wildman–Crippen LogP) is 2.89. The molecule has 23 heavy (non-hydrogen) atoms. The summed E-state index contributed by atoms with van der Waals surface area (Å²) < 4.78 is 11.0. The van der Waals surface area contributed by atoms with Crippen LogP contribution in [0.4, 0.5) is 0 Å². The van der Waals surface area contributed by atoms with Gasteiger partial charge in [-0.1, -0.05) is 13.3 Å². The number of hydrogen-bond donors (Lipinski definition) is 1. The Balaban J connectivity index is 0.00000264. The highest BCUT2D eigenvalue weighted by atomic mass is 127. The molecule has 0 bridgehead atoms. The van der Waals surface area contributed by atoms with Gasteiger partial charge in [0, 0.05) is 46.5 Å². The quantitative estimate of drug-likeness (QED) is 0.274. The molecule has 2 rings (SSSR count). The van der Waals surface area contributed by atoms with Crippen LogP contribution in [-0.4, -0.2) is 63.5 Å². The van der Waals surface area contributed by atoms with Crippen molar-refractivity contribution in [2.75, 3.05) is 40.5 Å². The molecular weight excluding hydrogens is 405 g/mol. The van der Waals surface area contributed by atoms with Gasteiger partial charge in [-0.05, 0) is 38.0 Å². The van der Waals surface area contributed by atoms with Gasteiger partial charge >= 0.3 is 0 Å². The molecule has 0 aromatic carbocycles. The highest BCUT2D eigenvalue weighted by Gasteiger charge is 2.37. The zero-order valence-corrected chi connectivity index (χ0v) is 17.3. The normalized spacial score (nSPS) is 25.2. The van der Waals surface area contributed by atoms with Crippen molar-refractivity contribution in [1.29, 1.82) is 0 Å². The highest BCUT2D eigenvalue weighted by Crippen LogP contribution is 2.34. The van der Waals surface area contributed by atoms with E-state index < -0.39 is 0 Å². The topological polar surface area (TPSA) is 46.1 Å². The average molecular weight is 439 g/mol. The van der Waals surface area contributed by atoms with Crippen molar-refractivity contribution in [2.45, 2.75) is 57.6 Å². The van der Waals surface area contributed by atoms with E-state index in [1.807, 2.05) is 7.05 Å². The fourth-order valence-electron chi connectivity index (χ4n) is 3.26. The van der Waals surface area contributed by atoms with Gasteiger partial charge in [0.1, 0.15) is 0 Å². The molecule has 1 saturated heterocycles. The molecule has 2 atom stereocenters. The molecule has 1 saturated carbocycles. The Morgan fingerprint density at radius 1 is 1.26 bits per heavy atom. The Kier molecular flexibility index (Phi) is 10.5. The van der Waals surface area contributed by atoms with Gasteiger partial charge in [0.05, 0.1) is 6.10 Å². The maximum atomic E-state index is 5.92. The molecule has 2 aliphatic rings. The summed E-state index contributed by atoms with van der Waals surface area (Å²) >= 11 is 0. The number of ether oxygens (including phenoxy) is 2. The fourth-order valence-corrected chi connectivity index (χ4v) is 3.26. The minimum Gasteiger partial charge on any atom is -0.385 e. The second kappa shape index (κ2) is 11.5. The van der Waals surface area contributed by atoms with Crippen LogP contribution in [0.3, 0.4) is 0 Å². The largest absolute Gasteiger partial charge is 0.385 e. The number of guanidine groups is 1. The van der Waals surface area contributed by atoms with E-state index in [2.05, 4.69) is 22.1 Å². The van der Waals surface area contributed by atoms with E-state index in [1.165, 1.54) is 19.3 Å². The molecule has 2 fully saturated rings. The monoisotopic (exact) mass is 439 g/mol. The van der Waals surface area contributed by atoms with E-state index in [0.29, 0.717) is 12.1 Å². The third kappa shape index (κ3) is 7.13. The van der Waals surface area contributed by atoms with Gasteiger partial charge in [-0.25, -0.2) is 0 Å². The first-order chi connectivity index (χ1) is 10.8. The molecular formula is C17H34IN3O2. The Bertz CT molecular complexity index is 347. The van der Waals surface area contributed by atoms with Crippen molar-refractivity contribution in [3.8, 4) is 0 Å². The van der Waals surface area contributed by atoms with Gasteiger partial charge < -0.3 is 19.7 Å². The van der Waals surface area contributed by atoms with Gasteiger partial charge in [0.15, 0.2) is 5.96 Å². The number of nitrogens with one attached hydrogen (secondary N) is 1. The van der Waals surface area contributed by atoms with Gasteiger partial charge in [-0.3, -0.25) is 4.99 Å². The summed E-state index contributed by atoms with van der Waals surface area (Å²) in [5, 5.41) is 3.64. The number of halogens is 1. The maximum Gasteiger partial charge on any atom is 0.193 e. The molecule has 1 aliphatic heterocycles. The maximum absolute atomic E-state index is 5.92. The lowest BCUT2D eigenvalue weighted by Crippen LogP contribution is -2.47. The number of rotatable bonds is 8. The predicted molar refractivity (Wildman–Crippen MR) is 106 cm³/mol. The number of piperidine rings is 1. The fraction of sp³-hybridized carbons (Fsp3) is 0.941. The summed E-state index contributed by atoms with van der Waals surface area (Å²) in [6.45, 7) is 5.95. The minimum atomic E-state index is 0. The van der Waals surface area contributed by atoms with Gasteiger partial charge in [0.2, 0.25) is 0 Å². The van der Waals surface area contributed by atoms with Crippen molar-refractivity contribution >= 4 is 29.9 Å². The summed E-state index contributed by atoms with van der Waals surface area (Å²) in [6, 6.07) is 0.654. The molecule has 1 N–H and O–H groups in total. The molecule has 0 spiro atoms. The first kappa shape index (κ1) is 21.0.